The zero-order chi connectivity index (χ0) is 24.7. The third-order valence-electron chi connectivity index (χ3n) is 5.14. The molecule has 8 N–H and O–H groups in total. The van der Waals surface area contributed by atoms with Crippen LogP contribution in [0.1, 0.15) is 46.0 Å². The number of nitrogens with one attached hydrogen (secondary N) is 3. The lowest BCUT2D eigenvalue weighted by Gasteiger charge is -2.27. The first kappa shape index (κ1) is 30.5. The molecule has 0 bridgehead atoms. The minimum absolute atomic E-state index is 0.0124. The molecule has 12 heteroatoms. The average Bonchev–Trinajstić information content (AvgIpc) is 2.77. The Hall–Kier alpha value is -1.50. The van der Waals surface area contributed by atoms with Crippen LogP contribution in [0.5, 0.6) is 0 Å². The molecule has 0 saturated heterocycles. The molecular weight excluding hydrogens is 454 g/mol. The highest BCUT2D eigenvalue weighted by Gasteiger charge is 2.32. The predicted octanol–water partition coefficient (Wildman–Crippen LogP) is -0.289. The van der Waals surface area contributed by atoms with Crippen molar-refractivity contribution in [1.82, 2.24) is 16.0 Å². The van der Waals surface area contributed by atoms with E-state index in [1.807, 2.05) is 13.2 Å². The van der Waals surface area contributed by atoms with E-state index in [-0.39, 0.29) is 18.1 Å². The third kappa shape index (κ3) is 11.4. The lowest BCUT2D eigenvalue weighted by molar-refractivity contribution is -0.142. The van der Waals surface area contributed by atoms with Crippen molar-refractivity contribution in [1.29, 1.82) is 0 Å². The summed E-state index contributed by atoms with van der Waals surface area (Å²) in [5.41, 5.74) is 11.3. The Balaban J connectivity index is 5.21. The summed E-state index contributed by atoms with van der Waals surface area (Å²) in [4.78, 5) is 49.4. The van der Waals surface area contributed by atoms with Crippen molar-refractivity contribution < 1.29 is 24.3 Å². The third-order valence-corrected chi connectivity index (χ3v) is 6.15. The van der Waals surface area contributed by atoms with Gasteiger partial charge in [0.1, 0.15) is 18.1 Å². The van der Waals surface area contributed by atoms with Crippen LogP contribution in [0.2, 0.25) is 0 Å². The van der Waals surface area contributed by atoms with Crippen molar-refractivity contribution in [2.45, 2.75) is 70.1 Å². The fraction of sp³-hybridized carbons (Fsp3) is 0.800. The molecule has 0 aliphatic rings. The van der Waals surface area contributed by atoms with Gasteiger partial charge in [-0.05, 0) is 50.2 Å². The molecule has 0 aliphatic heterocycles. The van der Waals surface area contributed by atoms with Crippen LogP contribution in [-0.4, -0.2) is 77.3 Å². The second kappa shape index (κ2) is 17.0. The summed E-state index contributed by atoms with van der Waals surface area (Å²) in [7, 11) is 0. The maximum absolute atomic E-state index is 12.8. The maximum atomic E-state index is 12.8. The standard InChI is InChI=1S/C20H39N5O5S2/c1-4-12(2)16(19(28)23-14(20(29)30)7-5-6-9-21)25-18(27)15(11-31)24-17(26)13(22)8-10-32-3/h12-16,31H,4-11,21-22H2,1-3H3,(H,23,28)(H,24,26)(H,25,27)(H,29,30). The van der Waals surface area contributed by atoms with Crippen LogP contribution in [0.25, 0.3) is 0 Å². The van der Waals surface area contributed by atoms with Crippen molar-refractivity contribution in [2.24, 2.45) is 17.4 Å². The van der Waals surface area contributed by atoms with Crippen LogP contribution in [0.3, 0.4) is 0 Å². The molecule has 32 heavy (non-hydrogen) atoms. The van der Waals surface area contributed by atoms with E-state index in [0.717, 1.165) is 0 Å². The SMILES string of the molecule is CCC(C)C(NC(=O)C(CS)NC(=O)C(N)CCSC)C(=O)NC(CCCCN)C(=O)O. The van der Waals surface area contributed by atoms with Crippen molar-refractivity contribution in [3.8, 4) is 0 Å². The smallest absolute Gasteiger partial charge is 0.326 e. The van der Waals surface area contributed by atoms with Gasteiger partial charge in [-0.25, -0.2) is 4.79 Å². The Morgan fingerprint density at radius 1 is 1.00 bits per heavy atom. The van der Waals surface area contributed by atoms with E-state index in [0.29, 0.717) is 38.0 Å². The van der Waals surface area contributed by atoms with Gasteiger partial charge in [-0.3, -0.25) is 14.4 Å². The number of hydrogen-bond acceptors (Lipinski definition) is 8. The molecule has 0 rings (SSSR count). The minimum atomic E-state index is -1.15. The van der Waals surface area contributed by atoms with Crippen LogP contribution >= 0.6 is 24.4 Å². The van der Waals surface area contributed by atoms with Gasteiger partial charge in [0.05, 0.1) is 6.04 Å². The number of rotatable bonds is 17. The maximum Gasteiger partial charge on any atom is 0.326 e. The van der Waals surface area contributed by atoms with Crippen molar-refractivity contribution >= 4 is 48.1 Å². The van der Waals surface area contributed by atoms with Crippen LogP contribution in [-0.2, 0) is 19.2 Å². The largest absolute Gasteiger partial charge is 0.480 e. The summed E-state index contributed by atoms with van der Waals surface area (Å²) in [6, 6.07) is -3.78. The van der Waals surface area contributed by atoms with Gasteiger partial charge in [0, 0.05) is 5.75 Å². The van der Waals surface area contributed by atoms with Crippen LogP contribution in [0, 0.1) is 5.92 Å². The lowest BCUT2D eigenvalue weighted by atomic mass is 9.97. The van der Waals surface area contributed by atoms with Crippen LogP contribution < -0.4 is 27.4 Å². The molecule has 3 amide bonds. The second-order valence-corrected chi connectivity index (χ2v) is 9.04. The quantitative estimate of drug-likeness (QED) is 0.107. The molecule has 0 radical (unpaired) electrons. The fourth-order valence-corrected chi connectivity index (χ4v) is 3.56. The van der Waals surface area contributed by atoms with Gasteiger partial charge in [-0.15, -0.1) is 0 Å². The van der Waals surface area contributed by atoms with E-state index in [9.17, 15) is 24.3 Å². The first-order chi connectivity index (χ1) is 15.1. The normalized spacial score (nSPS) is 15.7. The van der Waals surface area contributed by atoms with E-state index < -0.39 is 47.9 Å². The number of carbonyl (C=O) groups is 4. The Kier molecular flexibility index (Phi) is 16.2. The Bertz CT molecular complexity index is 611. The number of carboxylic acids is 1. The summed E-state index contributed by atoms with van der Waals surface area (Å²) in [6.07, 6.45) is 4.38. The number of thioether (sulfide) groups is 1. The molecule has 10 nitrogen and oxygen atoms in total. The number of aliphatic carboxylic acids is 1. The Morgan fingerprint density at radius 2 is 1.62 bits per heavy atom. The van der Waals surface area contributed by atoms with Gasteiger partial charge in [-0.2, -0.15) is 24.4 Å². The molecule has 0 saturated carbocycles. The first-order valence-corrected chi connectivity index (χ1v) is 12.8. The summed E-state index contributed by atoms with van der Waals surface area (Å²) < 4.78 is 0. The minimum Gasteiger partial charge on any atom is -0.480 e. The fourth-order valence-electron chi connectivity index (χ4n) is 2.82. The molecule has 5 unspecified atom stereocenters. The molecule has 0 aromatic rings. The first-order valence-electron chi connectivity index (χ1n) is 10.8. The number of thiol groups is 1. The summed E-state index contributed by atoms with van der Waals surface area (Å²) in [5.74, 6) is -2.34. The monoisotopic (exact) mass is 493 g/mol. The van der Waals surface area contributed by atoms with Crippen molar-refractivity contribution in [3.63, 3.8) is 0 Å². The second-order valence-electron chi connectivity index (χ2n) is 7.69. The summed E-state index contributed by atoms with van der Waals surface area (Å²) in [5, 5.41) is 17.1. The summed E-state index contributed by atoms with van der Waals surface area (Å²) in [6.45, 7) is 4.07. The van der Waals surface area contributed by atoms with Gasteiger partial charge in [0.2, 0.25) is 17.7 Å². The van der Waals surface area contributed by atoms with Crippen LogP contribution in [0.15, 0.2) is 0 Å². The number of unbranched alkanes of at least 4 members (excludes halogenated alkanes) is 1. The number of carbonyl (C=O) groups excluding carboxylic acids is 3. The highest BCUT2D eigenvalue weighted by Crippen LogP contribution is 2.10. The highest BCUT2D eigenvalue weighted by atomic mass is 32.2. The molecular formula is C20H39N5O5S2. The summed E-state index contributed by atoms with van der Waals surface area (Å²) >= 11 is 5.70. The van der Waals surface area contributed by atoms with Gasteiger partial charge in [0.15, 0.2) is 0 Å². The van der Waals surface area contributed by atoms with E-state index >= 15 is 0 Å². The van der Waals surface area contributed by atoms with Gasteiger partial charge >= 0.3 is 5.97 Å². The number of hydrogen-bond donors (Lipinski definition) is 7. The van der Waals surface area contributed by atoms with Crippen molar-refractivity contribution in [3.05, 3.63) is 0 Å². The van der Waals surface area contributed by atoms with Crippen LogP contribution in [0.4, 0.5) is 0 Å². The van der Waals surface area contributed by atoms with E-state index in [4.69, 9.17) is 11.5 Å². The molecule has 0 aliphatic carbocycles. The molecule has 0 aromatic heterocycles. The number of amides is 3. The molecule has 0 aromatic carbocycles. The molecule has 186 valence electrons. The molecule has 5 atom stereocenters. The van der Waals surface area contributed by atoms with E-state index in [2.05, 4.69) is 28.6 Å². The predicted molar refractivity (Wildman–Crippen MR) is 131 cm³/mol. The topological polar surface area (TPSA) is 177 Å². The van der Waals surface area contributed by atoms with Gasteiger partial charge in [0.25, 0.3) is 0 Å². The number of nitrogens with two attached hydrogens (primary N) is 2. The Morgan fingerprint density at radius 3 is 2.12 bits per heavy atom. The average molecular weight is 494 g/mol. The van der Waals surface area contributed by atoms with E-state index in [1.54, 1.807) is 18.7 Å². The molecule has 0 heterocycles. The lowest BCUT2D eigenvalue weighted by Crippen LogP contribution is -2.59. The highest BCUT2D eigenvalue weighted by molar-refractivity contribution is 7.98. The van der Waals surface area contributed by atoms with E-state index in [1.165, 1.54) is 0 Å². The Labute approximate surface area is 200 Å². The van der Waals surface area contributed by atoms with Gasteiger partial charge in [-0.1, -0.05) is 20.3 Å². The zero-order valence-corrected chi connectivity index (χ0v) is 20.8. The molecule has 0 fully saturated rings. The van der Waals surface area contributed by atoms with Gasteiger partial charge < -0.3 is 32.5 Å². The molecule has 0 spiro atoms. The van der Waals surface area contributed by atoms with Crippen molar-refractivity contribution in [2.75, 3.05) is 24.3 Å². The number of carboxylic acid groups (broad SMARTS) is 1. The zero-order valence-electron chi connectivity index (χ0n) is 19.1.